The van der Waals surface area contributed by atoms with Crippen LogP contribution < -0.4 is 10.6 Å². The number of rotatable bonds is 5. The normalized spacial score (nSPS) is 10.6. The number of anilines is 2. The van der Waals surface area contributed by atoms with Gasteiger partial charge in [0.1, 0.15) is 5.69 Å². The Labute approximate surface area is 131 Å². The van der Waals surface area contributed by atoms with E-state index in [1.165, 1.54) is 5.56 Å². The maximum absolute atomic E-state index is 12.3. The molecule has 0 spiro atoms. The maximum atomic E-state index is 12.3. The Bertz CT molecular complexity index is 667. The molecule has 0 bridgehead atoms. The third-order valence-corrected chi connectivity index (χ3v) is 3.32. The molecule has 2 N–H and O–H groups in total. The molecule has 1 aromatic heterocycles. The second-order valence-electron chi connectivity index (χ2n) is 5.79. The zero-order valence-electron chi connectivity index (χ0n) is 13.5. The summed E-state index contributed by atoms with van der Waals surface area (Å²) in [6, 6.07) is 7.43. The van der Waals surface area contributed by atoms with Crippen LogP contribution in [0.25, 0.3) is 0 Å². The van der Waals surface area contributed by atoms with Gasteiger partial charge in [-0.05, 0) is 49.1 Å². The van der Waals surface area contributed by atoms with Gasteiger partial charge in [-0.1, -0.05) is 19.9 Å². The minimum Gasteiger partial charge on any atom is -0.354 e. The van der Waals surface area contributed by atoms with Gasteiger partial charge in [0.05, 0.1) is 0 Å². The van der Waals surface area contributed by atoms with Crippen LogP contribution >= 0.6 is 0 Å². The van der Waals surface area contributed by atoms with Gasteiger partial charge in [-0.2, -0.15) is 0 Å². The van der Waals surface area contributed by atoms with Crippen molar-refractivity contribution >= 4 is 17.5 Å². The molecule has 0 saturated carbocycles. The third-order valence-electron chi connectivity index (χ3n) is 3.32. The zero-order valence-corrected chi connectivity index (χ0v) is 13.5. The van der Waals surface area contributed by atoms with Gasteiger partial charge >= 0.3 is 0 Å². The van der Waals surface area contributed by atoms with Crippen molar-refractivity contribution in [3.8, 4) is 0 Å². The molecule has 0 atom stereocenters. The molecular formula is C17H22N4O. The molecule has 0 radical (unpaired) electrons. The molecule has 2 aromatic rings. The molecule has 0 unspecified atom stereocenters. The molecular weight excluding hydrogens is 276 g/mol. The predicted octanol–water partition coefficient (Wildman–Crippen LogP) is 3.41. The van der Waals surface area contributed by atoms with E-state index in [2.05, 4.69) is 34.4 Å². The van der Waals surface area contributed by atoms with Gasteiger partial charge in [0.25, 0.3) is 5.91 Å². The van der Waals surface area contributed by atoms with Crippen molar-refractivity contribution in [1.82, 2.24) is 9.97 Å². The summed E-state index contributed by atoms with van der Waals surface area (Å²) in [5.74, 6) is 0.719. The van der Waals surface area contributed by atoms with Gasteiger partial charge in [0.2, 0.25) is 5.95 Å². The molecule has 0 aliphatic heterocycles. The summed E-state index contributed by atoms with van der Waals surface area (Å²) < 4.78 is 0. The number of carbonyl (C=O) groups excluding carboxylic acids is 1. The molecule has 116 valence electrons. The molecule has 1 aromatic carbocycles. The highest BCUT2D eigenvalue weighted by atomic mass is 16.1. The molecule has 5 nitrogen and oxygen atoms in total. The van der Waals surface area contributed by atoms with Crippen molar-refractivity contribution in [3.63, 3.8) is 0 Å². The molecule has 0 saturated heterocycles. The number of nitrogens with one attached hydrogen (secondary N) is 2. The van der Waals surface area contributed by atoms with Crippen LogP contribution in [0, 0.1) is 19.8 Å². The smallest absolute Gasteiger partial charge is 0.274 e. The van der Waals surface area contributed by atoms with E-state index in [9.17, 15) is 4.79 Å². The summed E-state index contributed by atoms with van der Waals surface area (Å²) in [5.41, 5.74) is 3.45. The summed E-state index contributed by atoms with van der Waals surface area (Å²) in [6.45, 7) is 9.02. The maximum Gasteiger partial charge on any atom is 0.274 e. The Balaban J connectivity index is 2.08. The summed E-state index contributed by atoms with van der Waals surface area (Å²) in [4.78, 5) is 20.6. The van der Waals surface area contributed by atoms with Gasteiger partial charge in [0.15, 0.2) is 0 Å². The first-order chi connectivity index (χ1) is 10.5. The summed E-state index contributed by atoms with van der Waals surface area (Å²) >= 11 is 0. The highest BCUT2D eigenvalue weighted by Gasteiger charge is 2.10. The van der Waals surface area contributed by atoms with Crippen LogP contribution in [0.15, 0.2) is 30.5 Å². The van der Waals surface area contributed by atoms with Crippen LogP contribution in [0.1, 0.15) is 35.5 Å². The summed E-state index contributed by atoms with van der Waals surface area (Å²) in [7, 11) is 0. The van der Waals surface area contributed by atoms with Crippen molar-refractivity contribution < 1.29 is 4.79 Å². The first kappa shape index (κ1) is 15.9. The van der Waals surface area contributed by atoms with Crippen LogP contribution in [0.3, 0.4) is 0 Å². The van der Waals surface area contributed by atoms with E-state index in [-0.39, 0.29) is 5.91 Å². The average molecular weight is 298 g/mol. The Morgan fingerprint density at radius 3 is 2.64 bits per heavy atom. The number of hydrogen-bond acceptors (Lipinski definition) is 4. The van der Waals surface area contributed by atoms with Gasteiger partial charge < -0.3 is 10.6 Å². The van der Waals surface area contributed by atoms with Crippen LogP contribution in [0.4, 0.5) is 11.6 Å². The third kappa shape index (κ3) is 4.28. The van der Waals surface area contributed by atoms with E-state index < -0.39 is 0 Å². The Hall–Kier alpha value is -2.43. The Kier molecular flexibility index (Phi) is 5.09. The molecule has 1 heterocycles. The van der Waals surface area contributed by atoms with Crippen molar-refractivity contribution in [3.05, 3.63) is 47.3 Å². The molecule has 0 aliphatic carbocycles. The summed E-state index contributed by atoms with van der Waals surface area (Å²) in [6.07, 6.45) is 1.59. The first-order valence-electron chi connectivity index (χ1n) is 7.41. The summed E-state index contributed by atoms with van der Waals surface area (Å²) in [5, 5.41) is 5.98. The van der Waals surface area contributed by atoms with E-state index in [4.69, 9.17) is 0 Å². The minimum atomic E-state index is -0.238. The number of benzene rings is 1. The van der Waals surface area contributed by atoms with Crippen LogP contribution in [0.5, 0.6) is 0 Å². The largest absolute Gasteiger partial charge is 0.354 e. The van der Waals surface area contributed by atoms with Crippen LogP contribution in [-0.4, -0.2) is 22.4 Å². The molecule has 5 heteroatoms. The zero-order chi connectivity index (χ0) is 16.1. The Morgan fingerprint density at radius 1 is 1.18 bits per heavy atom. The van der Waals surface area contributed by atoms with Crippen LogP contribution in [-0.2, 0) is 0 Å². The minimum absolute atomic E-state index is 0.238. The molecule has 22 heavy (non-hydrogen) atoms. The van der Waals surface area contributed by atoms with Crippen molar-refractivity contribution in [2.24, 2.45) is 5.92 Å². The standard InChI is InChI=1S/C17H22N4O/c1-11(2)10-19-17-18-8-7-15(21-17)16(22)20-14-6-5-12(3)13(4)9-14/h5-9,11H,10H2,1-4H3,(H,20,22)(H,18,19,21). The topological polar surface area (TPSA) is 66.9 Å². The van der Waals surface area contributed by atoms with Crippen molar-refractivity contribution in [1.29, 1.82) is 0 Å². The monoisotopic (exact) mass is 298 g/mol. The second-order valence-corrected chi connectivity index (χ2v) is 5.79. The fourth-order valence-corrected chi connectivity index (χ4v) is 1.88. The van der Waals surface area contributed by atoms with Gasteiger partial charge in [-0.15, -0.1) is 0 Å². The van der Waals surface area contributed by atoms with E-state index in [0.717, 1.165) is 17.8 Å². The second kappa shape index (κ2) is 7.02. The highest BCUT2D eigenvalue weighted by Crippen LogP contribution is 2.15. The van der Waals surface area contributed by atoms with Crippen molar-refractivity contribution in [2.75, 3.05) is 17.2 Å². The molecule has 2 rings (SSSR count). The van der Waals surface area contributed by atoms with Crippen molar-refractivity contribution in [2.45, 2.75) is 27.7 Å². The lowest BCUT2D eigenvalue weighted by Gasteiger charge is -2.09. The lowest BCUT2D eigenvalue weighted by molar-refractivity contribution is 0.102. The molecule has 1 amide bonds. The van der Waals surface area contributed by atoms with Gasteiger partial charge in [-0.25, -0.2) is 9.97 Å². The first-order valence-corrected chi connectivity index (χ1v) is 7.41. The fourth-order valence-electron chi connectivity index (χ4n) is 1.88. The van der Waals surface area contributed by atoms with Gasteiger partial charge in [-0.3, -0.25) is 4.79 Å². The van der Waals surface area contributed by atoms with E-state index >= 15 is 0 Å². The Morgan fingerprint density at radius 2 is 1.95 bits per heavy atom. The van der Waals surface area contributed by atoms with E-state index in [1.807, 2.05) is 32.0 Å². The lowest BCUT2D eigenvalue weighted by atomic mass is 10.1. The number of aromatic nitrogens is 2. The number of carbonyl (C=O) groups is 1. The predicted molar refractivity (Wildman–Crippen MR) is 89.2 cm³/mol. The average Bonchev–Trinajstić information content (AvgIpc) is 2.49. The number of aryl methyl sites for hydroxylation is 2. The number of amides is 1. The van der Waals surface area contributed by atoms with Crippen LogP contribution in [0.2, 0.25) is 0 Å². The molecule has 0 fully saturated rings. The number of hydrogen-bond donors (Lipinski definition) is 2. The lowest BCUT2D eigenvalue weighted by Crippen LogP contribution is -2.16. The highest BCUT2D eigenvalue weighted by molar-refractivity contribution is 6.03. The quantitative estimate of drug-likeness (QED) is 0.887. The molecule has 0 aliphatic rings. The fraction of sp³-hybridized carbons (Fsp3) is 0.353. The number of nitrogens with zero attached hydrogens (tertiary/aromatic N) is 2. The van der Waals surface area contributed by atoms with E-state index in [1.54, 1.807) is 12.3 Å². The van der Waals surface area contributed by atoms with E-state index in [0.29, 0.717) is 17.6 Å². The SMILES string of the molecule is Cc1ccc(NC(=O)c2ccnc(NCC(C)C)n2)cc1C. The van der Waals surface area contributed by atoms with Gasteiger partial charge in [0, 0.05) is 18.4 Å².